The number of aromatic nitrogens is 1. The quantitative estimate of drug-likeness (QED) is 0.769. The summed E-state index contributed by atoms with van der Waals surface area (Å²) < 4.78 is 1.13. The first-order chi connectivity index (χ1) is 10.2. The topological polar surface area (TPSA) is 24.9 Å². The number of aryl methyl sites for hydroxylation is 1. The fourth-order valence-electron chi connectivity index (χ4n) is 2.38. The van der Waals surface area contributed by atoms with Crippen molar-refractivity contribution in [1.29, 1.82) is 0 Å². The van der Waals surface area contributed by atoms with E-state index >= 15 is 0 Å². The fourth-order valence-corrected chi connectivity index (χ4v) is 3.75. The van der Waals surface area contributed by atoms with E-state index in [1.165, 1.54) is 34.0 Å². The molecule has 0 radical (unpaired) electrons. The number of rotatable bonds is 7. The highest BCUT2D eigenvalue weighted by atomic mass is 79.9. The molecule has 0 spiro atoms. The Bertz CT molecular complexity index is 587. The van der Waals surface area contributed by atoms with Crippen LogP contribution in [0.4, 0.5) is 0 Å². The Kier molecular flexibility index (Phi) is 5.09. The normalized spacial score (nSPS) is 14.6. The standard InChI is InChI=1S/C17H21BrN2S/c1-2-3-15-16(11-19-14-8-9-14)21-17(20-15)10-12-4-6-13(18)7-5-12/h4-7,14,19H,2-3,8-11H2,1H3. The second kappa shape index (κ2) is 7.03. The summed E-state index contributed by atoms with van der Waals surface area (Å²) in [5.74, 6) is 0. The Balaban J connectivity index is 1.71. The summed E-state index contributed by atoms with van der Waals surface area (Å²) in [5, 5.41) is 4.86. The molecule has 1 aromatic carbocycles. The lowest BCUT2D eigenvalue weighted by Crippen LogP contribution is -2.15. The SMILES string of the molecule is CCCc1nc(Cc2ccc(Br)cc2)sc1CNC1CC1. The number of halogens is 1. The van der Waals surface area contributed by atoms with Gasteiger partial charge in [-0.15, -0.1) is 11.3 Å². The van der Waals surface area contributed by atoms with Gasteiger partial charge in [0.05, 0.1) is 10.7 Å². The Morgan fingerprint density at radius 1 is 1.29 bits per heavy atom. The van der Waals surface area contributed by atoms with E-state index in [9.17, 15) is 0 Å². The predicted molar refractivity (Wildman–Crippen MR) is 92.9 cm³/mol. The molecule has 112 valence electrons. The van der Waals surface area contributed by atoms with Crippen LogP contribution in [-0.2, 0) is 19.4 Å². The average Bonchev–Trinajstić information content (AvgIpc) is 3.23. The third-order valence-electron chi connectivity index (χ3n) is 3.71. The van der Waals surface area contributed by atoms with Crippen LogP contribution < -0.4 is 5.32 Å². The largest absolute Gasteiger partial charge is 0.309 e. The molecule has 21 heavy (non-hydrogen) atoms. The molecule has 1 aliphatic rings. The third kappa shape index (κ3) is 4.38. The van der Waals surface area contributed by atoms with Gasteiger partial charge in [0.1, 0.15) is 0 Å². The molecule has 1 saturated carbocycles. The Hall–Kier alpha value is -0.710. The highest BCUT2D eigenvalue weighted by Gasteiger charge is 2.21. The molecule has 3 rings (SSSR count). The van der Waals surface area contributed by atoms with E-state index in [0.717, 1.165) is 36.3 Å². The average molecular weight is 365 g/mol. The van der Waals surface area contributed by atoms with Gasteiger partial charge in [-0.3, -0.25) is 0 Å². The number of hydrogen-bond acceptors (Lipinski definition) is 3. The van der Waals surface area contributed by atoms with Crippen LogP contribution in [0.1, 0.15) is 47.3 Å². The van der Waals surface area contributed by atoms with Crippen LogP contribution in [0.2, 0.25) is 0 Å². The second-order valence-corrected chi connectivity index (χ2v) is 7.77. The summed E-state index contributed by atoms with van der Waals surface area (Å²) in [6.45, 7) is 3.23. The molecule has 1 N–H and O–H groups in total. The van der Waals surface area contributed by atoms with Gasteiger partial charge in [0, 0.05) is 28.4 Å². The Morgan fingerprint density at radius 3 is 2.71 bits per heavy atom. The molecule has 4 heteroatoms. The van der Waals surface area contributed by atoms with Gasteiger partial charge in [-0.1, -0.05) is 41.4 Å². The van der Waals surface area contributed by atoms with E-state index in [4.69, 9.17) is 4.98 Å². The van der Waals surface area contributed by atoms with Crippen molar-refractivity contribution in [1.82, 2.24) is 10.3 Å². The smallest absolute Gasteiger partial charge is 0.0975 e. The molecular formula is C17H21BrN2S. The van der Waals surface area contributed by atoms with Crippen molar-refractivity contribution in [3.63, 3.8) is 0 Å². The molecule has 0 atom stereocenters. The molecule has 0 unspecified atom stereocenters. The third-order valence-corrected chi connectivity index (χ3v) is 5.33. The van der Waals surface area contributed by atoms with Crippen molar-refractivity contribution in [3.05, 3.63) is 49.9 Å². The van der Waals surface area contributed by atoms with Crippen molar-refractivity contribution < 1.29 is 0 Å². The van der Waals surface area contributed by atoms with Gasteiger partial charge in [-0.25, -0.2) is 4.98 Å². The van der Waals surface area contributed by atoms with Gasteiger partial charge in [0.25, 0.3) is 0 Å². The first kappa shape index (κ1) is 15.2. The Labute approximate surface area is 139 Å². The molecule has 2 aromatic rings. The van der Waals surface area contributed by atoms with E-state index < -0.39 is 0 Å². The number of nitrogens with one attached hydrogen (secondary N) is 1. The van der Waals surface area contributed by atoms with E-state index in [1.54, 1.807) is 0 Å². The lowest BCUT2D eigenvalue weighted by atomic mass is 10.1. The van der Waals surface area contributed by atoms with E-state index in [2.05, 4.69) is 52.4 Å². The van der Waals surface area contributed by atoms with Crippen LogP contribution >= 0.6 is 27.3 Å². The van der Waals surface area contributed by atoms with E-state index in [0.29, 0.717) is 0 Å². The molecule has 1 heterocycles. The van der Waals surface area contributed by atoms with Crippen LogP contribution in [0.15, 0.2) is 28.7 Å². The second-order valence-electron chi connectivity index (χ2n) is 5.69. The zero-order chi connectivity index (χ0) is 14.7. The Morgan fingerprint density at radius 2 is 2.05 bits per heavy atom. The van der Waals surface area contributed by atoms with Crippen molar-refractivity contribution in [2.75, 3.05) is 0 Å². The van der Waals surface area contributed by atoms with Gasteiger partial charge < -0.3 is 5.32 Å². The predicted octanol–water partition coefficient (Wildman–Crippen LogP) is 4.70. The van der Waals surface area contributed by atoms with E-state index in [-0.39, 0.29) is 0 Å². The minimum Gasteiger partial charge on any atom is -0.309 e. The summed E-state index contributed by atoms with van der Waals surface area (Å²) in [5.41, 5.74) is 2.64. The molecule has 2 nitrogen and oxygen atoms in total. The molecule has 0 amide bonds. The van der Waals surface area contributed by atoms with Crippen molar-refractivity contribution >= 4 is 27.3 Å². The summed E-state index contributed by atoms with van der Waals surface area (Å²) in [6.07, 6.45) is 5.88. The zero-order valence-electron chi connectivity index (χ0n) is 12.4. The highest BCUT2D eigenvalue weighted by Crippen LogP contribution is 2.25. The first-order valence-corrected chi connectivity index (χ1v) is 9.31. The molecule has 0 saturated heterocycles. The lowest BCUT2D eigenvalue weighted by Gasteiger charge is -2.01. The summed E-state index contributed by atoms with van der Waals surface area (Å²) in [4.78, 5) is 6.32. The maximum Gasteiger partial charge on any atom is 0.0975 e. The summed E-state index contributed by atoms with van der Waals surface area (Å²) in [7, 11) is 0. The van der Waals surface area contributed by atoms with Crippen LogP contribution in [0, 0.1) is 0 Å². The summed E-state index contributed by atoms with van der Waals surface area (Å²) >= 11 is 5.37. The van der Waals surface area contributed by atoms with Crippen LogP contribution in [0.5, 0.6) is 0 Å². The van der Waals surface area contributed by atoms with Gasteiger partial charge in [0.2, 0.25) is 0 Å². The monoisotopic (exact) mass is 364 g/mol. The lowest BCUT2D eigenvalue weighted by molar-refractivity contribution is 0.686. The van der Waals surface area contributed by atoms with Crippen molar-refractivity contribution in [3.8, 4) is 0 Å². The van der Waals surface area contributed by atoms with Gasteiger partial charge in [-0.05, 0) is 37.0 Å². The fraction of sp³-hybridized carbons (Fsp3) is 0.471. The molecule has 1 fully saturated rings. The summed E-state index contributed by atoms with van der Waals surface area (Å²) in [6, 6.07) is 9.31. The molecule has 0 bridgehead atoms. The minimum atomic E-state index is 0.761. The number of benzene rings is 1. The highest BCUT2D eigenvalue weighted by molar-refractivity contribution is 9.10. The number of nitrogens with zero attached hydrogens (tertiary/aromatic N) is 1. The van der Waals surface area contributed by atoms with Gasteiger partial charge in [0.15, 0.2) is 0 Å². The maximum atomic E-state index is 4.88. The van der Waals surface area contributed by atoms with Gasteiger partial charge in [-0.2, -0.15) is 0 Å². The van der Waals surface area contributed by atoms with E-state index in [1.807, 2.05) is 11.3 Å². The van der Waals surface area contributed by atoms with Crippen molar-refractivity contribution in [2.45, 2.75) is 51.6 Å². The minimum absolute atomic E-state index is 0.761. The molecule has 1 aromatic heterocycles. The van der Waals surface area contributed by atoms with Crippen molar-refractivity contribution in [2.24, 2.45) is 0 Å². The zero-order valence-corrected chi connectivity index (χ0v) is 14.8. The number of thiazole rings is 1. The molecule has 1 aliphatic carbocycles. The molecule has 0 aliphatic heterocycles. The van der Waals surface area contributed by atoms with Crippen LogP contribution in [-0.4, -0.2) is 11.0 Å². The molecular weight excluding hydrogens is 344 g/mol. The first-order valence-electron chi connectivity index (χ1n) is 7.70. The van der Waals surface area contributed by atoms with Gasteiger partial charge >= 0.3 is 0 Å². The van der Waals surface area contributed by atoms with Crippen LogP contribution in [0.25, 0.3) is 0 Å². The van der Waals surface area contributed by atoms with Crippen LogP contribution in [0.3, 0.4) is 0 Å². The number of hydrogen-bond donors (Lipinski definition) is 1. The maximum absolute atomic E-state index is 4.88.